The smallest absolute Gasteiger partial charge is 0.407 e. The van der Waals surface area contributed by atoms with E-state index in [1.807, 2.05) is 27.7 Å². The van der Waals surface area contributed by atoms with Gasteiger partial charge in [0.05, 0.1) is 12.1 Å². The van der Waals surface area contributed by atoms with E-state index >= 15 is 0 Å². The molecular weight excluding hydrogens is 222 g/mol. The average Bonchev–Trinajstić information content (AvgIpc) is 2.18. The van der Waals surface area contributed by atoms with Crippen molar-refractivity contribution in [2.45, 2.75) is 64.6 Å². The number of rotatable bonds is 2. The number of methoxy groups -OCH3 is 1. The molecule has 0 aliphatic carbocycles. The number of alkyl carbamates (subject to hydrolysis) is 1. The third kappa shape index (κ3) is 4.91. The zero-order valence-electron chi connectivity index (χ0n) is 11.3. The van der Waals surface area contributed by atoms with Crippen molar-refractivity contribution < 1.29 is 19.0 Å². The molecule has 0 bridgehead atoms. The predicted octanol–water partition coefficient (Wildman–Crippen LogP) is 2.05. The van der Waals surface area contributed by atoms with Gasteiger partial charge in [-0.05, 0) is 34.1 Å². The van der Waals surface area contributed by atoms with Crippen LogP contribution in [0.15, 0.2) is 0 Å². The maximum atomic E-state index is 11.6. The van der Waals surface area contributed by atoms with Gasteiger partial charge in [0.25, 0.3) is 0 Å². The molecule has 0 aromatic rings. The average molecular weight is 245 g/mol. The second-order valence-electron chi connectivity index (χ2n) is 5.34. The Morgan fingerprint density at radius 1 is 1.35 bits per heavy atom. The molecule has 1 heterocycles. The van der Waals surface area contributed by atoms with Crippen LogP contribution in [0.25, 0.3) is 0 Å². The Morgan fingerprint density at radius 2 is 2.00 bits per heavy atom. The van der Waals surface area contributed by atoms with Crippen LogP contribution in [-0.4, -0.2) is 37.2 Å². The van der Waals surface area contributed by atoms with E-state index < -0.39 is 11.7 Å². The lowest BCUT2D eigenvalue weighted by molar-refractivity contribution is -0.183. The van der Waals surface area contributed by atoms with Gasteiger partial charge in [-0.1, -0.05) is 0 Å². The topological polar surface area (TPSA) is 56.8 Å². The van der Waals surface area contributed by atoms with Crippen LogP contribution in [0.1, 0.15) is 40.5 Å². The highest BCUT2D eigenvalue weighted by Crippen LogP contribution is 2.20. The van der Waals surface area contributed by atoms with Crippen molar-refractivity contribution in [1.29, 1.82) is 0 Å². The molecule has 0 aromatic carbocycles. The van der Waals surface area contributed by atoms with Crippen molar-refractivity contribution in [3.8, 4) is 0 Å². The van der Waals surface area contributed by atoms with Crippen molar-refractivity contribution in [3.05, 3.63) is 0 Å². The minimum atomic E-state index is -0.474. The molecule has 0 saturated carbocycles. The van der Waals surface area contributed by atoms with Crippen LogP contribution in [0.2, 0.25) is 0 Å². The van der Waals surface area contributed by atoms with Crippen molar-refractivity contribution in [3.63, 3.8) is 0 Å². The van der Waals surface area contributed by atoms with Gasteiger partial charge in [-0.25, -0.2) is 4.79 Å². The van der Waals surface area contributed by atoms with Crippen LogP contribution in [0.5, 0.6) is 0 Å². The Kier molecular flexibility index (Phi) is 4.77. The Hall–Kier alpha value is -0.810. The van der Waals surface area contributed by atoms with Gasteiger partial charge in [-0.2, -0.15) is 0 Å². The van der Waals surface area contributed by atoms with Crippen LogP contribution in [0.3, 0.4) is 0 Å². The van der Waals surface area contributed by atoms with Crippen LogP contribution in [-0.2, 0) is 14.2 Å². The summed E-state index contributed by atoms with van der Waals surface area (Å²) in [4.78, 5) is 11.6. The van der Waals surface area contributed by atoms with Crippen LogP contribution in [0.4, 0.5) is 4.79 Å². The van der Waals surface area contributed by atoms with Gasteiger partial charge in [0, 0.05) is 13.5 Å². The van der Waals surface area contributed by atoms with E-state index in [0.29, 0.717) is 0 Å². The molecule has 5 heteroatoms. The fourth-order valence-electron chi connectivity index (χ4n) is 1.77. The number of amides is 1. The number of carbonyl (C=O) groups is 1. The third-order valence-electron chi connectivity index (χ3n) is 2.61. The first-order valence-electron chi connectivity index (χ1n) is 5.99. The molecule has 1 rings (SSSR count). The first-order valence-corrected chi connectivity index (χ1v) is 5.99. The summed E-state index contributed by atoms with van der Waals surface area (Å²) >= 11 is 0. The quantitative estimate of drug-likeness (QED) is 0.809. The second kappa shape index (κ2) is 5.69. The summed E-state index contributed by atoms with van der Waals surface area (Å²) in [5.74, 6) is 0. The molecule has 100 valence electrons. The number of hydrogen-bond donors (Lipinski definition) is 1. The minimum Gasteiger partial charge on any atom is -0.444 e. The Morgan fingerprint density at radius 3 is 2.47 bits per heavy atom. The standard InChI is InChI=1S/C12H23NO4/c1-8-9(6-7-10(15-5)16-8)13-11(14)17-12(2,3)4/h8-10H,6-7H2,1-5H3,(H,13,14)/t8-,9-,10+/m1/s1. The molecular formula is C12H23NO4. The molecule has 1 aliphatic heterocycles. The largest absolute Gasteiger partial charge is 0.444 e. The lowest BCUT2D eigenvalue weighted by Crippen LogP contribution is -2.49. The maximum Gasteiger partial charge on any atom is 0.407 e. The van der Waals surface area contributed by atoms with Crippen molar-refractivity contribution in [2.75, 3.05) is 7.11 Å². The lowest BCUT2D eigenvalue weighted by Gasteiger charge is -2.34. The number of ether oxygens (including phenoxy) is 3. The van der Waals surface area contributed by atoms with E-state index in [2.05, 4.69) is 5.32 Å². The zero-order valence-corrected chi connectivity index (χ0v) is 11.3. The van der Waals surface area contributed by atoms with E-state index in [4.69, 9.17) is 14.2 Å². The van der Waals surface area contributed by atoms with Gasteiger partial charge >= 0.3 is 6.09 Å². The van der Waals surface area contributed by atoms with Crippen LogP contribution in [0, 0.1) is 0 Å². The normalized spacial score (nSPS) is 29.8. The van der Waals surface area contributed by atoms with Gasteiger partial charge < -0.3 is 19.5 Å². The highest BCUT2D eigenvalue weighted by molar-refractivity contribution is 5.68. The zero-order chi connectivity index (χ0) is 13.1. The SMILES string of the molecule is CO[C@@H]1CC[C@@H](NC(=O)OC(C)(C)C)[C@@H](C)O1. The van der Waals surface area contributed by atoms with E-state index in [9.17, 15) is 4.79 Å². The maximum absolute atomic E-state index is 11.6. The summed E-state index contributed by atoms with van der Waals surface area (Å²) < 4.78 is 15.9. The summed E-state index contributed by atoms with van der Waals surface area (Å²) in [7, 11) is 1.62. The number of carbonyl (C=O) groups excluding carboxylic acids is 1. The van der Waals surface area contributed by atoms with Gasteiger partial charge in [0.15, 0.2) is 6.29 Å². The Balaban J connectivity index is 2.40. The summed E-state index contributed by atoms with van der Waals surface area (Å²) in [6.45, 7) is 7.45. The molecule has 0 radical (unpaired) electrons. The van der Waals surface area contributed by atoms with Crippen molar-refractivity contribution in [2.24, 2.45) is 0 Å². The minimum absolute atomic E-state index is 0.0174. The molecule has 17 heavy (non-hydrogen) atoms. The van der Waals surface area contributed by atoms with Gasteiger partial charge in [-0.3, -0.25) is 0 Å². The van der Waals surface area contributed by atoms with E-state index in [1.165, 1.54) is 0 Å². The van der Waals surface area contributed by atoms with Gasteiger partial charge in [0.1, 0.15) is 5.60 Å². The molecule has 1 amide bonds. The first-order chi connectivity index (χ1) is 7.81. The van der Waals surface area contributed by atoms with Gasteiger partial charge in [-0.15, -0.1) is 0 Å². The number of nitrogens with one attached hydrogen (secondary N) is 1. The predicted molar refractivity (Wildman–Crippen MR) is 63.7 cm³/mol. The molecule has 1 saturated heterocycles. The summed E-state index contributed by atoms with van der Waals surface area (Å²) in [5.41, 5.74) is -0.474. The van der Waals surface area contributed by atoms with E-state index in [-0.39, 0.29) is 18.4 Å². The molecule has 1 fully saturated rings. The van der Waals surface area contributed by atoms with E-state index in [1.54, 1.807) is 7.11 Å². The summed E-state index contributed by atoms with van der Waals surface area (Å²) in [6.07, 6.45) is 0.983. The molecule has 0 spiro atoms. The molecule has 1 N–H and O–H groups in total. The molecule has 0 aromatic heterocycles. The second-order valence-corrected chi connectivity index (χ2v) is 5.34. The monoisotopic (exact) mass is 245 g/mol. The van der Waals surface area contributed by atoms with E-state index in [0.717, 1.165) is 12.8 Å². The lowest BCUT2D eigenvalue weighted by atomic mass is 10.0. The molecule has 3 atom stereocenters. The third-order valence-corrected chi connectivity index (χ3v) is 2.61. The highest BCUT2D eigenvalue weighted by atomic mass is 16.7. The van der Waals surface area contributed by atoms with Crippen molar-refractivity contribution >= 4 is 6.09 Å². The highest BCUT2D eigenvalue weighted by Gasteiger charge is 2.30. The fourth-order valence-corrected chi connectivity index (χ4v) is 1.77. The summed E-state index contributed by atoms with van der Waals surface area (Å²) in [6, 6.07) is -0.0174. The molecule has 1 aliphatic rings. The Bertz CT molecular complexity index is 262. The van der Waals surface area contributed by atoms with Crippen LogP contribution < -0.4 is 5.32 Å². The molecule has 5 nitrogen and oxygen atoms in total. The number of hydrogen-bond acceptors (Lipinski definition) is 4. The molecule has 0 unspecified atom stereocenters. The Labute approximate surface area is 103 Å². The first kappa shape index (κ1) is 14.3. The summed E-state index contributed by atoms with van der Waals surface area (Å²) in [5, 5.41) is 2.83. The fraction of sp³-hybridized carbons (Fsp3) is 0.917. The van der Waals surface area contributed by atoms with Crippen molar-refractivity contribution in [1.82, 2.24) is 5.32 Å². The van der Waals surface area contributed by atoms with Gasteiger partial charge in [0.2, 0.25) is 0 Å². The van der Waals surface area contributed by atoms with Crippen LogP contribution >= 0.6 is 0 Å².